The van der Waals surface area contributed by atoms with Gasteiger partial charge in [-0.15, -0.1) is 0 Å². The molecule has 0 aliphatic carbocycles. The minimum absolute atomic E-state index is 0.557. The lowest BCUT2D eigenvalue weighted by atomic mass is 10.2. The Morgan fingerprint density at radius 2 is 2.33 bits per heavy atom. The summed E-state index contributed by atoms with van der Waals surface area (Å²) >= 11 is 4.10. The Labute approximate surface area is 77.9 Å². The van der Waals surface area contributed by atoms with E-state index in [4.69, 9.17) is 5.73 Å². The molecule has 0 atom stereocenters. The monoisotopic (exact) mass is 180 g/mol. The molecule has 0 unspecified atom stereocenters. The first-order valence-electron chi connectivity index (χ1n) is 3.82. The van der Waals surface area contributed by atoms with Gasteiger partial charge in [0.05, 0.1) is 0 Å². The predicted octanol–water partition coefficient (Wildman–Crippen LogP) is 2.00. The van der Waals surface area contributed by atoms with Gasteiger partial charge < -0.3 is 5.73 Å². The van der Waals surface area contributed by atoms with Crippen molar-refractivity contribution in [3.05, 3.63) is 30.0 Å². The summed E-state index contributed by atoms with van der Waals surface area (Å²) in [6.07, 6.45) is 6.82. The minimum Gasteiger partial charge on any atom is -0.384 e. The highest BCUT2D eigenvalue weighted by atomic mass is 32.1. The van der Waals surface area contributed by atoms with Crippen LogP contribution in [0, 0.1) is 0 Å². The summed E-state index contributed by atoms with van der Waals surface area (Å²) in [6, 6.07) is 3.73. The van der Waals surface area contributed by atoms with Gasteiger partial charge >= 0.3 is 0 Å². The van der Waals surface area contributed by atoms with Crippen LogP contribution in [0.5, 0.6) is 0 Å². The van der Waals surface area contributed by atoms with E-state index >= 15 is 0 Å². The Kier molecular flexibility index (Phi) is 3.67. The van der Waals surface area contributed by atoms with Gasteiger partial charge in [-0.05, 0) is 29.9 Å². The smallest absolute Gasteiger partial charge is 0.123 e. The molecule has 12 heavy (non-hydrogen) atoms. The average molecular weight is 180 g/mol. The van der Waals surface area contributed by atoms with Crippen LogP contribution in [0.2, 0.25) is 0 Å². The van der Waals surface area contributed by atoms with Gasteiger partial charge in [0.1, 0.15) is 5.82 Å². The Bertz CT molecular complexity index is 254. The van der Waals surface area contributed by atoms with Crippen LogP contribution in [-0.4, -0.2) is 10.7 Å². The number of pyridine rings is 1. The van der Waals surface area contributed by atoms with Crippen molar-refractivity contribution < 1.29 is 0 Å². The first kappa shape index (κ1) is 9.13. The van der Waals surface area contributed by atoms with E-state index in [1.807, 2.05) is 12.1 Å². The first-order chi connectivity index (χ1) is 5.83. The van der Waals surface area contributed by atoms with E-state index in [1.54, 1.807) is 12.3 Å². The zero-order valence-corrected chi connectivity index (χ0v) is 7.67. The number of anilines is 1. The fourth-order valence-corrected chi connectivity index (χ4v) is 0.958. The van der Waals surface area contributed by atoms with Gasteiger partial charge in [-0.3, -0.25) is 0 Å². The first-order valence-corrected chi connectivity index (χ1v) is 4.45. The lowest BCUT2D eigenvalue weighted by molar-refractivity contribution is 1.26. The molecule has 2 nitrogen and oxygen atoms in total. The van der Waals surface area contributed by atoms with Crippen LogP contribution in [0.25, 0.3) is 6.08 Å². The number of hydrogen-bond acceptors (Lipinski definition) is 3. The molecule has 1 aromatic heterocycles. The molecule has 1 aromatic rings. The summed E-state index contributed by atoms with van der Waals surface area (Å²) < 4.78 is 0. The third-order valence-corrected chi connectivity index (χ3v) is 1.67. The lowest BCUT2D eigenvalue weighted by Gasteiger charge is -1.93. The molecule has 0 aliphatic rings. The van der Waals surface area contributed by atoms with Crippen LogP contribution in [0.15, 0.2) is 24.4 Å². The zero-order chi connectivity index (χ0) is 8.81. The molecule has 0 saturated carbocycles. The van der Waals surface area contributed by atoms with Gasteiger partial charge in [-0.1, -0.05) is 12.2 Å². The predicted molar refractivity (Wildman–Crippen MR) is 56.2 cm³/mol. The van der Waals surface area contributed by atoms with Crippen molar-refractivity contribution in [1.82, 2.24) is 4.98 Å². The van der Waals surface area contributed by atoms with Crippen molar-refractivity contribution in [2.75, 3.05) is 11.5 Å². The maximum Gasteiger partial charge on any atom is 0.123 e. The second-order valence-electron chi connectivity index (χ2n) is 2.43. The highest BCUT2D eigenvalue weighted by Gasteiger charge is 1.86. The van der Waals surface area contributed by atoms with E-state index in [-0.39, 0.29) is 0 Å². The van der Waals surface area contributed by atoms with Gasteiger partial charge in [-0.25, -0.2) is 4.98 Å². The second kappa shape index (κ2) is 4.83. The third-order valence-electron chi connectivity index (χ3n) is 1.42. The molecule has 0 spiro atoms. The molecule has 0 bridgehead atoms. The summed E-state index contributed by atoms with van der Waals surface area (Å²) in [5.74, 6) is 1.43. The van der Waals surface area contributed by atoms with Gasteiger partial charge in [-0.2, -0.15) is 12.6 Å². The summed E-state index contributed by atoms with van der Waals surface area (Å²) in [5, 5.41) is 0. The van der Waals surface area contributed by atoms with E-state index in [0.29, 0.717) is 5.82 Å². The highest BCUT2D eigenvalue weighted by molar-refractivity contribution is 7.80. The Balaban J connectivity index is 2.58. The fraction of sp³-hybridized carbons (Fsp3) is 0.222. The molecule has 2 N–H and O–H groups in total. The lowest BCUT2D eigenvalue weighted by Crippen LogP contribution is -1.87. The number of aromatic nitrogens is 1. The Hall–Kier alpha value is -0.960. The normalized spacial score (nSPS) is 10.8. The molecule has 0 aromatic carbocycles. The maximum absolute atomic E-state index is 5.43. The van der Waals surface area contributed by atoms with Crippen LogP contribution >= 0.6 is 12.6 Å². The molecular formula is C9H12N2S. The number of nitrogens with two attached hydrogens (primary N) is 1. The van der Waals surface area contributed by atoms with Gasteiger partial charge in [0, 0.05) is 6.20 Å². The van der Waals surface area contributed by atoms with Crippen molar-refractivity contribution in [3.8, 4) is 0 Å². The molecule has 64 valence electrons. The van der Waals surface area contributed by atoms with Gasteiger partial charge in [0.25, 0.3) is 0 Å². The number of hydrogen-bond donors (Lipinski definition) is 2. The van der Waals surface area contributed by atoms with E-state index in [2.05, 4.69) is 23.7 Å². The van der Waals surface area contributed by atoms with Crippen molar-refractivity contribution >= 4 is 24.5 Å². The molecule has 1 rings (SSSR count). The zero-order valence-electron chi connectivity index (χ0n) is 6.77. The number of thiol groups is 1. The van der Waals surface area contributed by atoms with Crippen molar-refractivity contribution in [1.29, 1.82) is 0 Å². The maximum atomic E-state index is 5.43. The van der Waals surface area contributed by atoms with Crippen molar-refractivity contribution in [2.24, 2.45) is 0 Å². The average Bonchev–Trinajstić information content (AvgIpc) is 2.09. The van der Waals surface area contributed by atoms with Gasteiger partial charge in [0.15, 0.2) is 0 Å². The summed E-state index contributed by atoms with van der Waals surface area (Å²) in [6.45, 7) is 0. The molecule has 0 amide bonds. The highest BCUT2D eigenvalue weighted by Crippen LogP contribution is 2.03. The Morgan fingerprint density at radius 1 is 1.50 bits per heavy atom. The standard InChI is InChI=1S/C9H12N2S/c10-9-5-4-8(7-11-9)3-1-2-6-12/h1,3-5,7,12H,2,6H2,(H2,10,11). The quantitative estimate of drug-likeness (QED) is 0.698. The fourth-order valence-electron chi connectivity index (χ4n) is 0.809. The van der Waals surface area contributed by atoms with Crippen LogP contribution in [0.3, 0.4) is 0 Å². The van der Waals surface area contributed by atoms with Crippen LogP contribution < -0.4 is 5.73 Å². The third kappa shape index (κ3) is 2.96. The van der Waals surface area contributed by atoms with Crippen LogP contribution in [-0.2, 0) is 0 Å². The molecule has 0 fully saturated rings. The van der Waals surface area contributed by atoms with Gasteiger partial charge in [0.2, 0.25) is 0 Å². The van der Waals surface area contributed by atoms with E-state index in [9.17, 15) is 0 Å². The molecule has 0 radical (unpaired) electrons. The summed E-state index contributed by atoms with van der Waals surface area (Å²) in [4.78, 5) is 3.97. The largest absolute Gasteiger partial charge is 0.384 e. The Morgan fingerprint density at radius 3 is 2.92 bits per heavy atom. The van der Waals surface area contributed by atoms with E-state index < -0.39 is 0 Å². The van der Waals surface area contributed by atoms with Crippen LogP contribution in [0.1, 0.15) is 12.0 Å². The van der Waals surface area contributed by atoms with E-state index in [1.165, 1.54) is 0 Å². The molecule has 1 heterocycles. The van der Waals surface area contributed by atoms with Crippen molar-refractivity contribution in [2.45, 2.75) is 6.42 Å². The second-order valence-corrected chi connectivity index (χ2v) is 2.88. The number of rotatable bonds is 3. The summed E-state index contributed by atoms with van der Waals surface area (Å²) in [7, 11) is 0. The topological polar surface area (TPSA) is 38.9 Å². The van der Waals surface area contributed by atoms with E-state index in [0.717, 1.165) is 17.7 Å². The minimum atomic E-state index is 0.557. The molecular weight excluding hydrogens is 168 g/mol. The SMILES string of the molecule is Nc1ccc(C=CCCS)cn1. The molecule has 0 saturated heterocycles. The molecule has 0 aliphatic heterocycles. The number of allylic oxidation sites excluding steroid dienone is 1. The van der Waals surface area contributed by atoms with Crippen molar-refractivity contribution in [3.63, 3.8) is 0 Å². The van der Waals surface area contributed by atoms with Crippen LogP contribution in [0.4, 0.5) is 5.82 Å². The summed E-state index contributed by atoms with van der Waals surface area (Å²) in [5.41, 5.74) is 6.51. The number of nitrogen functional groups attached to an aromatic ring is 1. The number of nitrogens with zero attached hydrogens (tertiary/aromatic N) is 1. The molecule has 3 heteroatoms.